The van der Waals surface area contributed by atoms with Crippen molar-refractivity contribution in [1.82, 2.24) is 5.32 Å². The van der Waals surface area contributed by atoms with Crippen molar-refractivity contribution in [2.45, 2.75) is 12.8 Å². The summed E-state index contributed by atoms with van der Waals surface area (Å²) in [5.74, 6) is -0.576. The lowest BCUT2D eigenvalue weighted by Gasteiger charge is -2.34. The molecular formula is C12H15BrN2O4. The maximum absolute atomic E-state index is 11.9. The lowest BCUT2D eigenvalue weighted by Crippen LogP contribution is -2.49. The average Bonchev–Trinajstić information content (AvgIpc) is 2.83. The molecule has 0 radical (unpaired) electrons. The highest BCUT2D eigenvalue weighted by Gasteiger charge is 2.38. The summed E-state index contributed by atoms with van der Waals surface area (Å²) in [7, 11) is 0. The summed E-state index contributed by atoms with van der Waals surface area (Å²) < 4.78 is 10.8. The fraction of sp³-hybridized carbons (Fsp3) is 0.500. The second kappa shape index (κ2) is 5.75. The molecule has 0 saturated carbocycles. The largest absolute Gasteiger partial charge is 0.444 e. The van der Waals surface area contributed by atoms with Gasteiger partial charge in [0.25, 0.3) is 5.91 Å². The van der Waals surface area contributed by atoms with E-state index in [1.165, 1.54) is 0 Å². The molecule has 1 aliphatic heterocycles. The average molecular weight is 331 g/mol. The van der Waals surface area contributed by atoms with E-state index in [-0.39, 0.29) is 18.2 Å². The Hall–Kier alpha value is -1.34. The molecule has 2 rings (SSSR count). The van der Waals surface area contributed by atoms with Crippen molar-refractivity contribution in [3.63, 3.8) is 0 Å². The molecule has 0 spiro atoms. The van der Waals surface area contributed by atoms with Crippen LogP contribution in [0.5, 0.6) is 0 Å². The van der Waals surface area contributed by atoms with Crippen LogP contribution in [0, 0.1) is 5.41 Å². The summed E-state index contributed by atoms with van der Waals surface area (Å²) in [4.78, 5) is 23.5. The monoisotopic (exact) mass is 330 g/mol. The molecule has 0 atom stereocenters. The Labute approximate surface area is 118 Å². The number of hydrogen-bond acceptors (Lipinski definition) is 4. The standard InChI is InChI=1S/C12H15BrN2O4/c13-9-2-1-8(19-9)10(16)15-7-12(11(14)17)3-5-18-6-4-12/h1-2H,3-7H2,(H2,14,17)(H,15,16). The van der Waals surface area contributed by atoms with Gasteiger partial charge < -0.3 is 20.2 Å². The predicted octanol–water partition coefficient (Wildman–Crippen LogP) is 1.05. The molecule has 0 unspecified atom stereocenters. The van der Waals surface area contributed by atoms with Crippen LogP contribution >= 0.6 is 15.9 Å². The molecule has 0 bridgehead atoms. The molecule has 2 amide bonds. The maximum atomic E-state index is 11.9. The highest BCUT2D eigenvalue weighted by molar-refractivity contribution is 9.10. The lowest BCUT2D eigenvalue weighted by atomic mass is 9.79. The minimum Gasteiger partial charge on any atom is -0.444 e. The Morgan fingerprint density at radius 3 is 2.58 bits per heavy atom. The third-order valence-electron chi connectivity index (χ3n) is 3.36. The summed E-state index contributed by atoms with van der Waals surface area (Å²) in [6.45, 7) is 1.15. The molecule has 1 saturated heterocycles. The van der Waals surface area contributed by atoms with Crippen LogP contribution in [0.2, 0.25) is 0 Å². The van der Waals surface area contributed by atoms with E-state index in [1.54, 1.807) is 12.1 Å². The smallest absolute Gasteiger partial charge is 0.287 e. The lowest BCUT2D eigenvalue weighted by molar-refractivity contribution is -0.132. The summed E-state index contributed by atoms with van der Waals surface area (Å²) in [5.41, 5.74) is 4.73. The third kappa shape index (κ3) is 3.16. The number of nitrogens with two attached hydrogens (primary N) is 1. The van der Waals surface area contributed by atoms with Gasteiger partial charge in [0.2, 0.25) is 5.91 Å². The molecule has 1 fully saturated rings. The fourth-order valence-electron chi connectivity index (χ4n) is 2.05. The van der Waals surface area contributed by atoms with Gasteiger partial charge in [0.15, 0.2) is 10.4 Å². The zero-order valence-corrected chi connectivity index (χ0v) is 11.9. The molecule has 3 N–H and O–H groups in total. The van der Waals surface area contributed by atoms with Gasteiger partial charge >= 0.3 is 0 Å². The molecular weight excluding hydrogens is 316 g/mol. The van der Waals surface area contributed by atoms with Gasteiger partial charge in [-0.3, -0.25) is 9.59 Å². The van der Waals surface area contributed by atoms with Crippen molar-refractivity contribution in [3.8, 4) is 0 Å². The third-order valence-corrected chi connectivity index (χ3v) is 3.78. The molecule has 1 aliphatic rings. The Morgan fingerprint density at radius 1 is 1.37 bits per heavy atom. The first kappa shape index (κ1) is 14.1. The van der Waals surface area contributed by atoms with E-state index in [9.17, 15) is 9.59 Å². The minimum absolute atomic E-state index is 0.193. The van der Waals surface area contributed by atoms with Gasteiger partial charge in [-0.15, -0.1) is 0 Å². The number of carbonyl (C=O) groups is 2. The van der Waals surface area contributed by atoms with Crippen LogP contribution in [-0.2, 0) is 9.53 Å². The van der Waals surface area contributed by atoms with Crippen LogP contribution in [0.4, 0.5) is 0 Å². The minimum atomic E-state index is -0.724. The zero-order chi connectivity index (χ0) is 13.9. The zero-order valence-electron chi connectivity index (χ0n) is 10.3. The normalized spacial score (nSPS) is 17.9. The van der Waals surface area contributed by atoms with E-state index in [0.717, 1.165) is 0 Å². The van der Waals surface area contributed by atoms with E-state index >= 15 is 0 Å². The number of amides is 2. The molecule has 104 valence electrons. The van der Waals surface area contributed by atoms with Crippen LogP contribution in [-0.4, -0.2) is 31.6 Å². The molecule has 7 heteroatoms. The number of carbonyl (C=O) groups excluding carboxylic acids is 2. The summed E-state index contributed by atoms with van der Waals surface area (Å²) in [6.07, 6.45) is 1.04. The summed E-state index contributed by atoms with van der Waals surface area (Å²) >= 11 is 3.12. The van der Waals surface area contributed by atoms with Gasteiger partial charge in [0.05, 0.1) is 5.41 Å². The van der Waals surface area contributed by atoms with Gasteiger partial charge in [-0.05, 0) is 40.9 Å². The highest BCUT2D eigenvalue weighted by atomic mass is 79.9. The molecule has 2 heterocycles. The maximum Gasteiger partial charge on any atom is 0.287 e. The number of rotatable bonds is 4. The van der Waals surface area contributed by atoms with Gasteiger partial charge in [0.1, 0.15) is 0 Å². The number of hydrogen-bond donors (Lipinski definition) is 2. The van der Waals surface area contributed by atoms with Crippen LogP contribution in [0.25, 0.3) is 0 Å². The highest BCUT2D eigenvalue weighted by Crippen LogP contribution is 2.29. The van der Waals surface area contributed by atoms with Crippen molar-refractivity contribution >= 4 is 27.7 Å². The van der Waals surface area contributed by atoms with Crippen LogP contribution in [0.3, 0.4) is 0 Å². The Balaban J connectivity index is 1.99. The van der Waals surface area contributed by atoms with E-state index in [0.29, 0.717) is 30.7 Å². The molecule has 6 nitrogen and oxygen atoms in total. The predicted molar refractivity (Wildman–Crippen MR) is 70.4 cm³/mol. The van der Waals surface area contributed by atoms with E-state index < -0.39 is 11.3 Å². The molecule has 0 aromatic carbocycles. The number of primary amides is 1. The van der Waals surface area contributed by atoms with Crippen molar-refractivity contribution < 1.29 is 18.7 Å². The Bertz CT molecular complexity index is 480. The Kier molecular flexibility index (Phi) is 4.26. The van der Waals surface area contributed by atoms with Gasteiger partial charge in [-0.1, -0.05) is 0 Å². The second-order valence-electron chi connectivity index (χ2n) is 4.54. The topological polar surface area (TPSA) is 94.6 Å². The molecule has 19 heavy (non-hydrogen) atoms. The van der Waals surface area contributed by atoms with Crippen LogP contribution in [0.1, 0.15) is 23.4 Å². The first-order valence-electron chi connectivity index (χ1n) is 5.95. The number of halogens is 1. The van der Waals surface area contributed by atoms with Crippen LogP contribution < -0.4 is 11.1 Å². The van der Waals surface area contributed by atoms with Gasteiger partial charge in [-0.2, -0.15) is 0 Å². The van der Waals surface area contributed by atoms with Crippen molar-refractivity contribution in [2.75, 3.05) is 19.8 Å². The molecule has 1 aromatic rings. The van der Waals surface area contributed by atoms with Crippen molar-refractivity contribution in [2.24, 2.45) is 11.1 Å². The van der Waals surface area contributed by atoms with E-state index in [2.05, 4.69) is 21.2 Å². The first-order chi connectivity index (χ1) is 9.03. The quantitative estimate of drug-likeness (QED) is 0.862. The Morgan fingerprint density at radius 2 is 2.05 bits per heavy atom. The number of furan rings is 1. The van der Waals surface area contributed by atoms with Crippen molar-refractivity contribution in [1.29, 1.82) is 0 Å². The number of nitrogens with one attached hydrogen (secondary N) is 1. The van der Waals surface area contributed by atoms with Crippen molar-refractivity contribution in [3.05, 3.63) is 22.6 Å². The second-order valence-corrected chi connectivity index (χ2v) is 5.32. The first-order valence-corrected chi connectivity index (χ1v) is 6.74. The molecule has 0 aliphatic carbocycles. The van der Waals surface area contributed by atoms with Gasteiger partial charge in [0, 0.05) is 19.8 Å². The fourth-order valence-corrected chi connectivity index (χ4v) is 2.35. The number of ether oxygens (including phenoxy) is 1. The summed E-state index contributed by atoms with van der Waals surface area (Å²) in [5, 5.41) is 2.69. The van der Waals surface area contributed by atoms with E-state index in [4.69, 9.17) is 14.9 Å². The van der Waals surface area contributed by atoms with Crippen LogP contribution in [0.15, 0.2) is 21.2 Å². The van der Waals surface area contributed by atoms with E-state index in [1.807, 2.05) is 0 Å². The summed E-state index contributed by atoms with van der Waals surface area (Å²) in [6, 6.07) is 3.19. The van der Waals surface area contributed by atoms with Gasteiger partial charge in [-0.25, -0.2) is 0 Å². The SMILES string of the molecule is NC(=O)C1(CNC(=O)c2ccc(Br)o2)CCOCC1. The molecule has 1 aromatic heterocycles.